The van der Waals surface area contributed by atoms with Crippen LogP contribution in [-0.4, -0.2) is 23.7 Å². The lowest BCUT2D eigenvalue weighted by molar-refractivity contribution is 0.199. The zero-order valence-corrected chi connectivity index (χ0v) is 9.35. The van der Waals surface area contributed by atoms with Gasteiger partial charge < -0.3 is 10.0 Å². The molecule has 1 heterocycles. The van der Waals surface area contributed by atoms with Crippen molar-refractivity contribution in [2.24, 2.45) is 5.92 Å². The van der Waals surface area contributed by atoms with Gasteiger partial charge in [0.1, 0.15) is 5.82 Å². The standard InChI is InChI=1S/C12H18N2O/c1-9(15)11-4-3-7-13-12(11)14(2)8-10-5-6-10/h3-4,7,9-10,15H,5-6,8H2,1-2H3/t9-/m0/s1. The first kappa shape index (κ1) is 10.4. The Morgan fingerprint density at radius 1 is 1.60 bits per heavy atom. The van der Waals surface area contributed by atoms with E-state index in [1.165, 1.54) is 12.8 Å². The Bertz CT molecular complexity index is 334. The number of pyridine rings is 1. The average Bonchev–Trinajstić information content (AvgIpc) is 3.01. The summed E-state index contributed by atoms with van der Waals surface area (Å²) in [7, 11) is 2.05. The van der Waals surface area contributed by atoms with Crippen molar-refractivity contribution in [1.82, 2.24) is 4.98 Å². The van der Waals surface area contributed by atoms with Crippen LogP contribution in [0, 0.1) is 5.92 Å². The first-order valence-corrected chi connectivity index (χ1v) is 5.52. The van der Waals surface area contributed by atoms with E-state index in [-0.39, 0.29) is 0 Å². The summed E-state index contributed by atoms with van der Waals surface area (Å²) in [4.78, 5) is 6.50. The summed E-state index contributed by atoms with van der Waals surface area (Å²) in [5.41, 5.74) is 0.917. The van der Waals surface area contributed by atoms with Crippen LogP contribution < -0.4 is 4.90 Å². The molecule has 15 heavy (non-hydrogen) atoms. The van der Waals surface area contributed by atoms with Gasteiger partial charge in [0.15, 0.2) is 0 Å². The molecular formula is C12H18N2O. The summed E-state index contributed by atoms with van der Waals surface area (Å²) in [6.07, 6.45) is 4.00. The number of aliphatic hydroxyl groups excluding tert-OH is 1. The van der Waals surface area contributed by atoms with E-state index >= 15 is 0 Å². The van der Waals surface area contributed by atoms with E-state index in [9.17, 15) is 5.11 Å². The van der Waals surface area contributed by atoms with Gasteiger partial charge in [0.2, 0.25) is 0 Å². The summed E-state index contributed by atoms with van der Waals surface area (Å²) >= 11 is 0. The predicted molar refractivity (Wildman–Crippen MR) is 60.9 cm³/mol. The molecule has 1 aromatic heterocycles. The molecule has 1 N–H and O–H groups in total. The highest BCUT2D eigenvalue weighted by Gasteiger charge is 2.24. The van der Waals surface area contributed by atoms with Crippen molar-refractivity contribution in [2.75, 3.05) is 18.5 Å². The van der Waals surface area contributed by atoms with Crippen LogP contribution in [0.5, 0.6) is 0 Å². The molecule has 82 valence electrons. The van der Waals surface area contributed by atoms with Gasteiger partial charge in [-0.15, -0.1) is 0 Å². The Kier molecular flexibility index (Phi) is 2.91. The molecule has 2 rings (SSSR count). The molecule has 0 unspecified atom stereocenters. The van der Waals surface area contributed by atoms with Crippen molar-refractivity contribution in [1.29, 1.82) is 0 Å². The summed E-state index contributed by atoms with van der Waals surface area (Å²) in [6, 6.07) is 3.81. The third-order valence-electron chi connectivity index (χ3n) is 2.86. The van der Waals surface area contributed by atoms with E-state index in [1.807, 2.05) is 19.2 Å². The van der Waals surface area contributed by atoms with Gasteiger partial charge in [-0.25, -0.2) is 4.98 Å². The number of hydrogen-bond donors (Lipinski definition) is 1. The Morgan fingerprint density at radius 3 is 2.93 bits per heavy atom. The fraction of sp³-hybridized carbons (Fsp3) is 0.583. The molecule has 0 saturated heterocycles. The molecule has 0 aliphatic heterocycles. The van der Waals surface area contributed by atoms with E-state index in [2.05, 4.69) is 9.88 Å². The summed E-state index contributed by atoms with van der Waals surface area (Å²) < 4.78 is 0. The summed E-state index contributed by atoms with van der Waals surface area (Å²) in [6.45, 7) is 2.84. The van der Waals surface area contributed by atoms with Crippen LogP contribution >= 0.6 is 0 Å². The molecule has 1 atom stereocenters. The smallest absolute Gasteiger partial charge is 0.134 e. The second kappa shape index (κ2) is 4.19. The molecule has 0 aromatic carbocycles. The number of aromatic nitrogens is 1. The maximum Gasteiger partial charge on any atom is 0.134 e. The number of rotatable bonds is 4. The number of nitrogens with zero attached hydrogens (tertiary/aromatic N) is 2. The number of hydrogen-bond acceptors (Lipinski definition) is 3. The molecule has 1 fully saturated rings. The van der Waals surface area contributed by atoms with Crippen LogP contribution in [0.25, 0.3) is 0 Å². The van der Waals surface area contributed by atoms with Crippen LogP contribution in [0.4, 0.5) is 5.82 Å². The quantitative estimate of drug-likeness (QED) is 0.818. The fourth-order valence-corrected chi connectivity index (χ4v) is 1.83. The molecule has 0 radical (unpaired) electrons. The van der Waals surface area contributed by atoms with Gasteiger partial charge in [-0.3, -0.25) is 0 Å². The van der Waals surface area contributed by atoms with Crippen LogP contribution in [0.15, 0.2) is 18.3 Å². The minimum absolute atomic E-state index is 0.449. The molecule has 3 nitrogen and oxygen atoms in total. The first-order valence-electron chi connectivity index (χ1n) is 5.52. The highest BCUT2D eigenvalue weighted by molar-refractivity contribution is 5.47. The first-order chi connectivity index (χ1) is 7.18. The third-order valence-corrected chi connectivity index (χ3v) is 2.86. The van der Waals surface area contributed by atoms with Crippen molar-refractivity contribution in [3.63, 3.8) is 0 Å². The Labute approximate surface area is 90.8 Å². The fourth-order valence-electron chi connectivity index (χ4n) is 1.83. The summed E-state index contributed by atoms with van der Waals surface area (Å²) in [5, 5.41) is 9.64. The van der Waals surface area contributed by atoms with Gasteiger partial charge in [0.25, 0.3) is 0 Å². The molecule has 1 aliphatic carbocycles. The van der Waals surface area contributed by atoms with Crippen LogP contribution in [0.3, 0.4) is 0 Å². The molecular weight excluding hydrogens is 188 g/mol. The normalized spacial score (nSPS) is 17.5. The van der Waals surface area contributed by atoms with Crippen LogP contribution in [-0.2, 0) is 0 Å². The molecule has 1 saturated carbocycles. The molecule has 3 heteroatoms. The lowest BCUT2D eigenvalue weighted by Crippen LogP contribution is -2.22. The monoisotopic (exact) mass is 206 g/mol. The maximum atomic E-state index is 9.64. The highest BCUT2D eigenvalue weighted by atomic mass is 16.3. The Morgan fingerprint density at radius 2 is 2.33 bits per heavy atom. The minimum Gasteiger partial charge on any atom is -0.389 e. The van der Waals surface area contributed by atoms with Gasteiger partial charge in [-0.2, -0.15) is 0 Å². The van der Waals surface area contributed by atoms with Crippen molar-refractivity contribution in [3.8, 4) is 0 Å². The third kappa shape index (κ3) is 2.48. The zero-order chi connectivity index (χ0) is 10.8. The predicted octanol–water partition coefficient (Wildman–Crippen LogP) is 1.98. The number of anilines is 1. The van der Waals surface area contributed by atoms with Gasteiger partial charge in [0.05, 0.1) is 6.10 Å². The molecule has 1 aromatic rings. The Hall–Kier alpha value is -1.09. The van der Waals surface area contributed by atoms with Crippen molar-refractivity contribution >= 4 is 5.82 Å². The Balaban J connectivity index is 2.16. The van der Waals surface area contributed by atoms with Gasteiger partial charge in [0, 0.05) is 25.4 Å². The van der Waals surface area contributed by atoms with E-state index in [1.54, 1.807) is 13.1 Å². The topological polar surface area (TPSA) is 36.4 Å². The number of aliphatic hydroxyl groups is 1. The molecule has 0 bridgehead atoms. The summed E-state index contributed by atoms with van der Waals surface area (Å²) in [5.74, 6) is 1.75. The van der Waals surface area contributed by atoms with Gasteiger partial charge >= 0.3 is 0 Å². The van der Waals surface area contributed by atoms with E-state index < -0.39 is 6.10 Å². The highest BCUT2D eigenvalue weighted by Crippen LogP contribution is 2.32. The molecule has 0 amide bonds. The van der Waals surface area contributed by atoms with Crippen molar-refractivity contribution in [2.45, 2.75) is 25.9 Å². The van der Waals surface area contributed by atoms with Crippen molar-refractivity contribution in [3.05, 3.63) is 23.9 Å². The van der Waals surface area contributed by atoms with Gasteiger partial charge in [-0.05, 0) is 31.7 Å². The molecule has 0 spiro atoms. The largest absolute Gasteiger partial charge is 0.389 e. The van der Waals surface area contributed by atoms with E-state index in [0.29, 0.717) is 0 Å². The van der Waals surface area contributed by atoms with Crippen molar-refractivity contribution < 1.29 is 5.11 Å². The van der Waals surface area contributed by atoms with E-state index in [0.717, 1.165) is 23.8 Å². The minimum atomic E-state index is -0.449. The lowest BCUT2D eigenvalue weighted by atomic mass is 10.1. The lowest BCUT2D eigenvalue weighted by Gasteiger charge is -2.21. The molecule has 1 aliphatic rings. The van der Waals surface area contributed by atoms with Crippen LogP contribution in [0.2, 0.25) is 0 Å². The second-order valence-electron chi connectivity index (χ2n) is 4.42. The maximum absolute atomic E-state index is 9.64. The van der Waals surface area contributed by atoms with Gasteiger partial charge in [-0.1, -0.05) is 6.07 Å². The second-order valence-corrected chi connectivity index (χ2v) is 4.42. The SMILES string of the molecule is C[C@H](O)c1cccnc1N(C)CC1CC1. The average molecular weight is 206 g/mol. The zero-order valence-electron chi connectivity index (χ0n) is 9.35. The van der Waals surface area contributed by atoms with Crippen LogP contribution in [0.1, 0.15) is 31.4 Å². The van der Waals surface area contributed by atoms with E-state index in [4.69, 9.17) is 0 Å².